The quantitative estimate of drug-likeness (QED) is 0.377. The number of methoxy groups -OCH3 is 4. The second-order valence-electron chi connectivity index (χ2n) is 7.90. The third-order valence-electron chi connectivity index (χ3n) is 5.63. The molecule has 1 N–H and O–H groups in total. The van der Waals surface area contributed by atoms with Crippen LogP contribution in [-0.2, 0) is 14.8 Å². The number of benzene rings is 3. The predicted molar refractivity (Wildman–Crippen MR) is 142 cm³/mol. The summed E-state index contributed by atoms with van der Waals surface area (Å²) in [4.78, 5) is 13.1. The van der Waals surface area contributed by atoms with E-state index in [4.69, 9.17) is 30.5 Å². The smallest absolute Gasteiger partial charge is 0.264 e. The summed E-state index contributed by atoms with van der Waals surface area (Å²) in [6.07, 6.45) is 0. The molecule has 9 nitrogen and oxygen atoms in total. The number of carbonyl (C=O) groups is 1. The van der Waals surface area contributed by atoms with Gasteiger partial charge in [-0.05, 0) is 61.5 Å². The number of rotatable bonds is 11. The molecule has 0 unspecified atom stereocenters. The highest BCUT2D eigenvalue weighted by atomic mass is 35.5. The Morgan fingerprint density at radius 2 is 1.49 bits per heavy atom. The zero-order chi connectivity index (χ0) is 27.2. The van der Waals surface area contributed by atoms with Crippen LogP contribution in [0, 0.1) is 0 Å². The second-order valence-corrected chi connectivity index (χ2v) is 10.2. The number of halogens is 1. The molecule has 0 aliphatic carbocycles. The van der Waals surface area contributed by atoms with E-state index in [1.807, 2.05) is 0 Å². The van der Waals surface area contributed by atoms with Gasteiger partial charge in [0.15, 0.2) is 11.5 Å². The number of nitrogens with zero attached hydrogens (tertiary/aromatic N) is 1. The first kappa shape index (κ1) is 27.9. The van der Waals surface area contributed by atoms with Crippen LogP contribution in [0.25, 0.3) is 0 Å². The molecule has 1 atom stereocenters. The molecule has 0 aliphatic rings. The lowest BCUT2D eigenvalue weighted by Gasteiger charge is -2.26. The summed E-state index contributed by atoms with van der Waals surface area (Å²) in [6.45, 7) is 1.28. The highest BCUT2D eigenvalue weighted by Crippen LogP contribution is 2.33. The first-order chi connectivity index (χ1) is 17.6. The molecule has 3 aromatic carbocycles. The maximum Gasteiger partial charge on any atom is 0.264 e. The highest BCUT2D eigenvalue weighted by Gasteiger charge is 2.29. The van der Waals surface area contributed by atoms with Crippen molar-refractivity contribution in [1.29, 1.82) is 0 Å². The molecule has 1 amide bonds. The second kappa shape index (κ2) is 12.1. The molecule has 3 aromatic rings. The predicted octanol–water partition coefficient (Wildman–Crippen LogP) is 4.45. The van der Waals surface area contributed by atoms with Gasteiger partial charge in [-0.15, -0.1) is 0 Å². The molecule has 0 saturated heterocycles. The number of hydrogen-bond donors (Lipinski definition) is 1. The lowest BCUT2D eigenvalue weighted by atomic mass is 10.1. The number of carbonyl (C=O) groups excluding carboxylic acids is 1. The normalized spacial score (nSPS) is 11.8. The van der Waals surface area contributed by atoms with Gasteiger partial charge in [-0.3, -0.25) is 9.10 Å². The fourth-order valence-corrected chi connectivity index (χ4v) is 5.26. The van der Waals surface area contributed by atoms with E-state index in [1.165, 1.54) is 58.8 Å². The van der Waals surface area contributed by atoms with Crippen molar-refractivity contribution in [2.45, 2.75) is 17.9 Å². The SMILES string of the molecule is COc1ccc(OC)c([C@@H](C)NC(=O)CN(c2ccc(Cl)cc2)S(=O)(=O)c2ccc(OC)c(OC)c2)c1. The zero-order valence-electron chi connectivity index (χ0n) is 21.1. The molecular weight excluding hydrogens is 520 g/mol. The standard InChI is InChI=1S/C26H29ClN2O7S/c1-17(22-14-20(33-2)10-12-23(22)34-3)28-26(30)16-29(19-8-6-18(27)7-9-19)37(31,32)21-11-13-24(35-4)25(15-21)36-5/h6-15,17H,16H2,1-5H3,(H,28,30)/t17-/m1/s1. The molecule has 0 radical (unpaired) electrons. The minimum Gasteiger partial charge on any atom is -0.497 e. The largest absolute Gasteiger partial charge is 0.497 e. The molecular formula is C26H29ClN2O7S. The first-order valence-corrected chi connectivity index (χ1v) is 13.0. The van der Waals surface area contributed by atoms with Gasteiger partial charge < -0.3 is 24.3 Å². The van der Waals surface area contributed by atoms with Crippen molar-refractivity contribution < 1.29 is 32.2 Å². The van der Waals surface area contributed by atoms with Crippen molar-refractivity contribution in [2.75, 3.05) is 39.3 Å². The molecule has 37 heavy (non-hydrogen) atoms. The van der Waals surface area contributed by atoms with Crippen molar-refractivity contribution in [2.24, 2.45) is 0 Å². The Morgan fingerprint density at radius 1 is 0.865 bits per heavy atom. The van der Waals surface area contributed by atoms with Crippen LogP contribution in [0.1, 0.15) is 18.5 Å². The summed E-state index contributed by atoms with van der Waals surface area (Å²) in [5.74, 6) is 1.23. The monoisotopic (exact) mass is 548 g/mol. The first-order valence-electron chi connectivity index (χ1n) is 11.2. The highest BCUT2D eigenvalue weighted by molar-refractivity contribution is 7.92. The molecule has 198 valence electrons. The van der Waals surface area contributed by atoms with Crippen molar-refractivity contribution in [1.82, 2.24) is 5.32 Å². The third-order valence-corrected chi connectivity index (χ3v) is 7.65. The van der Waals surface area contributed by atoms with E-state index < -0.39 is 28.5 Å². The van der Waals surface area contributed by atoms with Crippen molar-refractivity contribution in [3.8, 4) is 23.0 Å². The Labute approximate surface area is 221 Å². The third kappa shape index (κ3) is 6.39. The van der Waals surface area contributed by atoms with E-state index in [-0.39, 0.29) is 16.3 Å². The molecule has 0 aliphatic heterocycles. The number of amides is 1. The summed E-state index contributed by atoms with van der Waals surface area (Å²) in [5.41, 5.74) is 0.942. The average Bonchev–Trinajstić information content (AvgIpc) is 2.91. The molecule has 3 rings (SSSR count). The van der Waals surface area contributed by atoms with Crippen LogP contribution < -0.4 is 28.6 Å². The van der Waals surface area contributed by atoms with Gasteiger partial charge in [0.2, 0.25) is 5.91 Å². The zero-order valence-corrected chi connectivity index (χ0v) is 22.7. The number of anilines is 1. The van der Waals surface area contributed by atoms with Crippen molar-refractivity contribution in [3.05, 3.63) is 71.2 Å². The maximum absolute atomic E-state index is 13.7. The minimum absolute atomic E-state index is 0.0737. The fourth-order valence-electron chi connectivity index (χ4n) is 3.70. The van der Waals surface area contributed by atoms with E-state index in [0.29, 0.717) is 27.8 Å². The van der Waals surface area contributed by atoms with Crippen LogP contribution in [0.2, 0.25) is 5.02 Å². The van der Waals surface area contributed by atoms with E-state index in [1.54, 1.807) is 37.3 Å². The Hall–Kier alpha value is -3.63. The molecule has 0 fully saturated rings. The number of ether oxygens (including phenoxy) is 4. The summed E-state index contributed by atoms with van der Waals surface area (Å²) >= 11 is 6.02. The number of nitrogens with one attached hydrogen (secondary N) is 1. The minimum atomic E-state index is -4.19. The van der Waals surface area contributed by atoms with E-state index in [9.17, 15) is 13.2 Å². The lowest BCUT2D eigenvalue weighted by molar-refractivity contribution is -0.120. The van der Waals surface area contributed by atoms with Crippen LogP contribution in [-0.4, -0.2) is 49.3 Å². The number of hydrogen-bond acceptors (Lipinski definition) is 7. The summed E-state index contributed by atoms with van der Waals surface area (Å²) in [7, 11) is 1.73. The number of sulfonamides is 1. The Morgan fingerprint density at radius 3 is 2.08 bits per heavy atom. The molecule has 11 heteroatoms. The van der Waals surface area contributed by atoms with Crippen molar-refractivity contribution >= 4 is 33.2 Å². The van der Waals surface area contributed by atoms with Crippen LogP contribution >= 0.6 is 11.6 Å². The summed E-state index contributed by atoms with van der Waals surface area (Å²) in [5, 5.41) is 3.27. The molecule has 0 heterocycles. The van der Waals surface area contributed by atoms with E-state index in [2.05, 4.69) is 5.32 Å². The molecule has 0 saturated carbocycles. The molecule has 0 bridgehead atoms. The lowest BCUT2D eigenvalue weighted by Crippen LogP contribution is -2.41. The molecule has 0 aromatic heterocycles. The Balaban J connectivity index is 1.95. The van der Waals surface area contributed by atoms with Crippen LogP contribution in [0.5, 0.6) is 23.0 Å². The summed E-state index contributed by atoms with van der Waals surface area (Å²) < 4.78 is 49.7. The maximum atomic E-state index is 13.7. The van der Waals surface area contributed by atoms with Gasteiger partial charge in [-0.2, -0.15) is 0 Å². The van der Waals surface area contributed by atoms with Gasteiger partial charge in [0.05, 0.1) is 45.1 Å². The van der Waals surface area contributed by atoms with Crippen LogP contribution in [0.3, 0.4) is 0 Å². The van der Waals surface area contributed by atoms with Gasteiger partial charge in [-0.1, -0.05) is 11.6 Å². The Bertz CT molecular complexity index is 1350. The topological polar surface area (TPSA) is 103 Å². The van der Waals surface area contributed by atoms with E-state index >= 15 is 0 Å². The van der Waals surface area contributed by atoms with Crippen LogP contribution in [0.4, 0.5) is 5.69 Å². The van der Waals surface area contributed by atoms with Gasteiger partial charge in [0.1, 0.15) is 18.0 Å². The molecule has 0 spiro atoms. The van der Waals surface area contributed by atoms with Crippen LogP contribution in [0.15, 0.2) is 65.6 Å². The van der Waals surface area contributed by atoms with Crippen molar-refractivity contribution in [3.63, 3.8) is 0 Å². The van der Waals surface area contributed by atoms with Gasteiger partial charge in [0.25, 0.3) is 10.0 Å². The van der Waals surface area contributed by atoms with Gasteiger partial charge in [0, 0.05) is 16.7 Å². The fraction of sp³-hybridized carbons (Fsp3) is 0.269. The van der Waals surface area contributed by atoms with E-state index in [0.717, 1.165) is 4.31 Å². The van der Waals surface area contributed by atoms with Gasteiger partial charge in [-0.25, -0.2) is 8.42 Å². The summed E-state index contributed by atoms with van der Waals surface area (Å²) in [6, 6.07) is 15.1. The Kier molecular flexibility index (Phi) is 9.12. The average molecular weight is 549 g/mol. The van der Waals surface area contributed by atoms with Gasteiger partial charge >= 0.3 is 0 Å².